The lowest BCUT2D eigenvalue weighted by Gasteiger charge is -2.23. The second-order valence-electron chi connectivity index (χ2n) is 4.51. The van der Waals surface area contributed by atoms with Gasteiger partial charge in [0.15, 0.2) is 0 Å². The highest BCUT2D eigenvalue weighted by Gasteiger charge is 2.34. The molecule has 0 radical (unpaired) electrons. The monoisotopic (exact) mass is 265 g/mol. The molecule has 0 bridgehead atoms. The van der Waals surface area contributed by atoms with Gasteiger partial charge in [-0.15, -0.1) is 0 Å². The van der Waals surface area contributed by atoms with E-state index in [1.165, 1.54) is 24.1 Å². The standard InChI is InChI=1S/C13H16FN3O2/c1-16-12(18)11-3-2-6-17(11)13(19)8-4-5-10(15)9(14)7-8/h4-5,7,11H,2-3,6,15H2,1H3,(H,16,18). The molecule has 3 N–H and O–H groups in total. The minimum Gasteiger partial charge on any atom is -0.396 e. The lowest BCUT2D eigenvalue weighted by molar-refractivity contribution is -0.124. The second-order valence-corrected chi connectivity index (χ2v) is 4.51. The van der Waals surface area contributed by atoms with Gasteiger partial charge in [0, 0.05) is 19.2 Å². The molecule has 1 atom stereocenters. The highest BCUT2D eigenvalue weighted by Crippen LogP contribution is 2.21. The van der Waals surface area contributed by atoms with Crippen molar-refractivity contribution in [2.45, 2.75) is 18.9 Å². The Morgan fingerprint density at radius 2 is 2.21 bits per heavy atom. The first kappa shape index (κ1) is 13.3. The molecule has 1 aliphatic rings. The van der Waals surface area contributed by atoms with Gasteiger partial charge in [0.25, 0.3) is 5.91 Å². The van der Waals surface area contributed by atoms with E-state index < -0.39 is 11.9 Å². The SMILES string of the molecule is CNC(=O)C1CCCN1C(=O)c1ccc(N)c(F)c1. The highest BCUT2D eigenvalue weighted by molar-refractivity contribution is 5.98. The van der Waals surface area contributed by atoms with Crippen LogP contribution < -0.4 is 11.1 Å². The van der Waals surface area contributed by atoms with E-state index in [1.807, 2.05) is 0 Å². The van der Waals surface area contributed by atoms with Gasteiger partial charge in [0.1, 0.15) is 11.9 Å². The Morgan fingerprint density at radius 3 is 2.84 bits per heavy atom. The highest BCUT2D eigenvalue weighted by atomic mass is 19.1. The molecule has 1 saturated heterocycles. The van der Waals surface area contributed by atoms with E-state index in [0.717, 1.165) is 12.5 Å². The molecule has 1 aromatic carbocycles. The summed E-state index contributed by atoms with van der Waals surface area (Å²) in [5.41, 5.74) is 5.59. The average molecular weight is 265 g/mol. The fourth-order valence-electron chi connectivity index (χ4n) is 2.27. The summed E-state index contributed by atoms with van der Waals surface area (Å²) < 4.78 is 13.4. The summed E-state index contributed by atoms with van der Waals surface area (Å²) in [5.74, 6) is -1.16. The number of amides is 2. The number of likely N-dealkylation sites (tertiary alicyclic amines) is 1. The van der Waals surface area contributed by atoms with Crippen molar-refractivity contribution in [3.63, 3.8) is 0 Å². The number of nitrogens with zero attached hydrogens (tertiary/aromatic N) is 1. The molecule has 19 heavy (non-hydrogen) atoms. The molecule has 2 amide bonds. The molecule has 1 aromatic rings. The zero-order valence-corrected chi connectivity index (χ0v) is 10.6. The van der Waals surface area contributed by atoms with Crippen LogP contribution in [-0.4, -0.2) is 36.3 Å². The number of nitrogen functional groups attached to an aromatic ring is 1. The lowest BCUT2D eigenvalue weighted by atomic mass is 10.1. The molecule has 1 fully saturated rings. The number of carbonyl (C=O) groups is 2. The van der Waals surface area contributed by atoms with E-state index in [2.05, 4.69) is 5.32 Å². The van der Waals surface area contributed by atoms with Gasteiger partial charge in [0.05, 0.1) is 5.69 Å². The fourth-order valence-corrected chi connectivity index (χ4v) is 2.27. The summed E-state index contributed by atoms with van der Waals surface area (Å²) in [4.78, 5) is 25.4. The van der Waals surface area contributed by atoms with E-state index in [0.29, 0.717) is 13.0 Å². The predicted octanol–water partition coefficient (Wildman–Crippen LogP) is 0.758. The smallest absolute Gasteiger partial charge is 0.254 e. The number of rotatable bonds is 2. The van der Waals surface area contributed by atoms with Crippen LogP contribution in [0.5, 0.6) is 0 Å². The normalized spacial score (nSPS) is 18.4. The number of likely N-dealkylation sites (N-methyl/N-ethyl adjacent to an activating group) is 1. The summed E-state index contributed by atoms with van der Waals surface area (Å²) in [6.07, 6.45) is 1.39. The minimum absolute atomic E-state index is 0.000762. The van der Waals surface area contributed by atoms with Crippen LogP contribution in [0.3, 0.4) is 0 Å². The van der Waals surface area contributed by atoms with Gasteiger partial charge in [-0.1, -0.05) is 0 Å². The van der Waals surface area contributed by atoms with Crippen molar-refractivity contribution in [3.05, 3.63) is 29.6 Å². The molecule has 0 aliphatic carbocycles. The van der Waals surface area contributed by atoms with Gasteiger partial charge in [-0.2, -0.15) is 0 Å². The van der Waals surface area contributed by atoms with Crippen LogP contribution in [0.2, 0.25) is 0 Å². The third-order valence-electron chi connectivity index (χ3n) is 3.31. The molecule has 102 valence electrons. The van der Waals surface area contributed by atoms with E-state index in [4.69, 9.17) is 5.73 Å². The average Bonchev–Trinajstić information content (AvgIpc) is 2.89. The molecular formula is C13H16FN3O2. The van der Waals surface area contributed by atoms with E-state index in [9.17, 15) is 14.0 Å². The summed E-state index contributed by atoms with van der Waals surface area (Å²) in [6.45, 7) is 0.503. The van der Waals surface area contributed by atoms with E-state index in [1.54, 1.807) is 0 Å². The first-order valence-electron chi connectivity index (χ1n) is 6.12. The maximum atomic E-state index is 13.4. The first-order chi connectivity index (χ1) is 9.04. The number of hydrogen-bond donors (Lipinski definition) is 2. The van der Waals surface area contributed by atoms with Crippen LogP contribution in [0.1, 0.15) is 23.2 Å². The minimum atomic E-state index is -0.624. The number of nitrogens with two attached hydrogens (primary N) is 1. The molecule has 0 spiro atoms. The van der Waals surface area contributed by atoms with Gasteiger partial charge in [0.2, 0.25) is 5.91 Å². The van der Waals surface area contributed by atoms with Crippen molar-refractivity contribution in [1.29, 1.82) is 0 Å². The van der Waals surface area contributed by atoms with Crippen LogP contribution in [0, 0.1) is 5.82 Å². The van der Waals surface area contributed by atoms with Gasteiger partial charge >= 0.3 is 0 Å². The topological polar surface area (TPSA) is 75.4 Å². The fraction of sp³-hybridized carbons (Fsp3) is 0.385. The molecule has 1 aliphatic heterocycles. The molecule has 1 unspecified atom stereocenters. The van der Waals surface area contributed by atoms with Crippen LogP contribution in [0.4, 0.5) is 10.1 Å². The second kappa shape index (κ2) is 5.26. The van der Waals surface area contributed by atoms with Crippen LogP contribution >= 0.6 is 0 Å². The number of nitrogens with one attached hydrogen (secondary N) is 1. The van der Waals surface area contributed by atoms with Gasteiger partial charge in [-0.3, -0.25) is 9.59 Å². The van der Waals surface area contributed by atoms with Gasteiger partial charge in [-0.05, 0) is 31.0 Å². The molecule has 6 heteroatoms. The van der Waals surface area contributed by atoms with Crippen LogP contribution in [0.25, 0.3) is 0 Å². The van der Waals surface area contributed by atoms with E-state index in [-0.39, 0.29) is 23.1 Å². The van der Waals surface area contributed by atoms with Crippen LogP contribution in [0.15, 0.2) is 18.2 Å². The first-order valence-corrected chi connectivity index (χ1v) is 6.12. The summed E-state index contributed by atoms with van der Waals surface area (Å²) >= 11 is 0. The molecule has 1 heterocycles. The predicted molar refractivity (Wildman–Crippen MR) is 68.9 cm³/mol. The van der Waals surface area contributed by atoms with Crippen molar-refractivity contribution in [2.75, 3.05) is 19.3 Å². The summed E-state index contributed by atoms with van der Waals surface area (Å²) in [7, 11) is 1.53. The number of carbonyl (C=O) groups excluding carboxylic acids is 2. The Bertz CT molecular complexity index is 519. The van der Waals surface area contributed by atoms with Crippen molar-refractivity contribution in [3.8, 4) is 0 Å². The lowest BCUT2D eigenvalue weighted by Crippen LogP contribution is -2.44. The van der Waals surface area contributed by atoms with Crippen LogP contribution in [-0.2, 0) is 4.79 Å². The Morgan fingerprint density at radius 1 is 1.47 bits per heavy atom. The summed E-state index contributed by atoms with van der Waals surface area (Å²) in [6, 6.07) is 3.46. The molecule has 5 nitrogen and oxygen atoms in total. The van der Waals surface area contributed by atoms with Crippen molar-refractivity contribution in [2.24, 2.45) is 0 Å². The summed E-state index contributed by atoms with van der Waals surface area (Å²) in [5, 5.41) is 2.54. The van der Waals surface area contributed by atoms with Crippen molar-refractivity contribution < 1.29 is 14.0 Å². The Labute approximate surface area is 110 Å². The zero-order chi connectivity index (χ0) is 14.0. The number of hydrogen-bond acceptors (Lipinski definition) is 3. The third-order valence-corrected chi connectivity index (χ3v) is 3.31. The van der Waals surface area contributed by atoms with Gasteiger partial charge in [-0.25, -0.2) is 4.39 Å². The van der Waals surface area contributed by atoms with E-state index >= 15 is 0 Å². The maximum Gasteiger partial charge on any atom is 0.254 e. The number of benzene rings is 1. The molecular weight excluding hydrogens is 249 g/mol. The quantitative estimate of drug-likeness (QED) is 0.775. The molecule has 0 aromatic heterocycles. The van der Waals surface area contributed by atoms with Crippen molar-refractivity contribution >= 4 is 17.5 Å². The van der Waals surface area contributed by atoms with Gasteiger partial charge < -0.3 is 16.0 Å². The number of halogens is 1. The Balaban J connectivity index is 2.23. The third kappa shape index (κ3) is 2.52. The molecule has 2 rings (SSSR count). The molecule has 0 saturated carbocycles. The number of anilines is 1. The largest absolute Gasteiger partial charge is 0.396 e. The Hall–Kier alpha value is -2.11. The van der Waals surface area contributed by atoms with Crippen molar-refractivity contribution in [1.82, 2.24) is 10.2 Å². The Kier molecular flexibility index (Phi) is 3.69. The zero-order valence-electron chi connectivity index (χ0n) is 10.6. The maximum absolute atomic E-state index is 13.4.